The van der Waals surface area contributed by atoms with E-state index in [4.69, 9.17) is 11.5 Å². The fraction of sp³-hybridized carbons (Fsp3) is 0.200. The van der Waals surface area contributed by atoms with E-state index in [-0.39, 0.29) is 0 Å². The normalized spacial score (nSPS) is 14.3. The lowest BCUT2D eigenvalue weighted by Gasteiger charge is -2.31. The van der Waals surface area contributed by atoms with Crippen molar-refractivity contribution in [3.63, 3.8) is 0 Å². The first-order valence-corrected chi connectivity index (χ1v) is 6.25. The third-order valence-corrected chi connectivity index (χ3v) is 3.43. The van der Waals surface area contributed by atoms with Crippen LogP contribution in [0.4, 0.5) is 22.7 Å². The summed E-state index contributed by atoms with van der Waals surface area (Å²) in [5.74, 6) is 0. The van der Waals surface area contributed by atoms with Crippen LogP contribution in [0.3, 0.4) is 0 Å². The third kappa shape index (κ3) is 1.88. The number of aryl methyl sites for hydroxylation is 1. The maximum atomic E-state index is 5.85. The molecule has 2 aromatic rings. The highest BCUT2D eigenvalue weighted by Gasteiger charge is 2.17. The SMILES string of the molecule is Nc1ccc(N2CCCc3cc(N)ccc32)cc1. The van der Waals surface area contributed by atoms with Gasteiger partial charge in [0.1, 0.15) is 0 Å². The van der Waals surface area contributed by atoms with Crippen molar-refractivity contribution >= 4 is 22.7 Å². The number of hydrogen-bond acceptors (Lipinski definition) is 3. The first kappa shape index (κ1) is 11.0. The molecule has 0 bridgehead atoms. The lowest BCUT2D eigenvalue weighted by Crippen LogP contribution is -2.24. The van der Waals surface area contributed by atoms with Crippen LogP contribution >= 0.6 is 0 Å². The fourth-order valence-corrected chi connectivity index (χ4v) is 2.54. The second-order valence-electron chi connectivity index (χ2n) is 4.73. The summed E-state index contributed by atoms with van der Waals surface area (Å²) in [5.41, 5.74) is 17.0. The van der Waals surface area contributed by atoms with E-state index in [0.29, 0.717) is 0 Å². The van der Waals surface area contributed by atoms with E-state index in [1.54, 1.807) is 0 Å². The molecule has 2 aromatic carbocycles. The van der Waals surface area contributed by atoms with Crippen LogP contribution in [-0.4, -0.2) is 6.54 Å². The van der Waals surface area contributed by atoms with Gasteiger partial charge in [-0.3, -0.25) is 0 Å². The number of rotatable bonds is 1. The number of nitrogens with zero attached hydrogens (tertiary/aromatic N) is 1. The molecule has 0 saturated heterocycles. The van der Waals surface area contributed by atoms with Crippen molar-refractivity contribution in [2.24, 2.45) is 0 Å². The highest BCUT2D eigenvalue weighted by Crippen LogP contribution is 2.34. The molecule has 0 unspecified atom stereocenters. The molecular formula is C15H17N3. The molecule has 0 aliphatic carbocycles. The summed E-state index contributed by atoms with van der Waals surface area (Å²) in [6.45, 7) is 1.04. The molecular weight excluding hydrogens is 222 g/mol. The minimum absolute atomic E-state index is 0.799. The van der Waals surface area contributed by atoms with E-state index in [1.165, 1.54) is 16.9 Å². The molecule has 92 valence electrons. The molecule has 1 heterocycles. The Hall–Kier alpha value is -2.16. The Labute approximate surface area is 107 Å². The van der Waals surface area contributed by atoms with Crippen LogP contribution in [0, 0.1) is 0 Å². The predicted molar refractivity (Wildman–Crippen MR) is 77.0 cm³/mol. The van der Waals surface area contributed by atoms with Crippen molar-refractivity contribution in [2.45, 2.75) is 12.8 Å². The van der Waals surface area contributed by atoms with Crippen LogP contribution in [0.1, 0.15) is 12.0 Å². The molecule has 3 nitrogen and oxygen atoms in total. The standard InChI is InChI=1S/C15H17N3/c16-12-3-6-14(7-4-12)18-9-1-2-11-10-13(17)5-8-15(11)18/h3-8,10H,1-2,9,16-17H2. The molecule has 18 heavy (non-hydrogen) atoms. The zero-order chi connectivity index (χ0) is 12.5. The number of anilines is 4. The maximum Gasteiger partial charge on any atom is 0.0444 e. The Balaban J connectivity index is 2.03. The molecule has 0 fully saturated rings. The molecule has 1 aliphatic rings. The molecule has 0 aromatic heterocycles. The largest absolute Gasteiger partial charge is 0.399 e. The Morgan fingerprint density at radius 2 is 1.61 bits per heavy atom. The number of fused-ring (bicyclic) bond motifs is 1. The average molecular weight is 239 g/mol. The summed E-state index contributed by atoms with van der Waals surface area (Å²) < 4.78 is 0. The molecule has 1 aliphatic heterocycles. The Kier molecular flexibility index (Phi) is 2.59. The van der Waals surface area contributed by atoms with Gasteiger partial charge in [-0.2, -0.15) is 0 Å². The van der Waals surface area contributed by atoms with Gasteiger partial charge in [-0.05, 0) is 60.9 Å². The molecule has 0 spiro atoms. The van der Waals surface area contributed by atoms with Gasteiger partial charge in [0, 0.05) is 29.3 Å². The van der Waals surface area contributed by atoms with Gasteiger partial charge in [0.2, 0.25) is 0 Å². The number of benzene rings is 2. The van der Waals surface area contributed by atoms with Crippen molar-refractivity contribution < 1.29 is 0 Å². The molecule has 0 radical (unpaired) electrons. The van der Waals surface area contributed by atoms with Crippen molar-refractivity contribution in [1.82, 2.24) is 0 Å². The molecule has 0 amide bonds. The lowest BCUT2D eigenvalue weighted by atomic mass is 10.0. The van der Waals surface area contributed by atoms with E-state index >= 15 is 0 Å². The molecule has 4 N–H and O–H groups in total. The van der Waals surface area contributed by atoms with Crippen LogP contribution in [-0.2, 0) is 6.42 Å². The first-order chi connectivity index (χ1) is 8.74. The topological polar surface area (TPSA) is 55.3 Å². The van der Waals surface area contributed by atoms with Gasteiger partial charge in [0.25, 0.3) is 0 Å². The second kappa shape index (κ2) is 4.26. The number of nitrogen functional groups attached to an aromatic ring is 2. The van der Waals surface area contributed by atoms with Gasteiger partial charge in [-0.15, -0.1) is 0 Å². The highest BCUT2D eigenvalue weighted by molar-refractivity contribution is 5.70. The average Bonchev–Trinajstić information content (AvgIpc) is 2.38. The summed E-state index contributed by atoms with van der Waals surface area (Å²) in [7, 11) is 0. The molecule has 3 heteroatoms. The van der Waals surface area contributed by atoms with Gasteiger partial charge in [-0.25, -0.2) is 0 Å². The van der Waals surface area contributed by atoms with E-state index in [2.05, 4.69) is 29.2 Å². The van der Waals surface area contributed by atoms with Crippen molar-refractivity contribution in [3.05, 3.63) is 48.0 Å². The van der Waals surface area contributed by atoms with Crippen LogP contribution in [0.25, 0.3) is 0 Å². The van der Waals surface area contributed by atoms with Gasteiger partial charge >= 0.3 is 0 Å². The van der Waals surface area contributed by atoms with Gasteiger partial charge in [0.05, 0.1) is 0 Å². The van der Waals surface area contributed by atoms with Crippen LogP contribution in [0.15, 0.2) is 42.5 Å². The van der Waals surface area contributed by atoms with Crippen LogP contribution < -0.4 is 16.4 Å². The second-order valence-corrected chi connectivity index (χ2v) is 4.73. The summed E-state index contributed by atoms with van der Waals surface area (Å²) in [5, 5.41) is 0. The summed E-state index contributed by atoms with van der Waals surface area (Å²) in [6.07, 6.45) is 2.26. The molecule has 0 atom stereocenters. The van der Waals surface area contributed by atoms with Gasteiger partial charge in [0.15, 0.2) is 0 Å². The zero-order valence-corrected chi connectivity index (χ0v) is 10.3. The highest BCUT2D eigenvalue weighted by atomic mass is 15.1. The summed E-state index contributed by atoms with van der Waals surface area (Å²) in [4.78, 5) is 2.33. The molecule has 0 saturated carbocycles. The van der Waals surface area contributed by atoms with E-state index in [0.717, 1.165) is 30.8 Å². The summed E-state index contributed by atoms with van der Waals surface area (Å²) in [6, 6.07) is 14.2. The fourth-order valence-electron chi connectivity index (χ4n) is 2.54. The van der Waals surface area contributed by atoms with E-state index < -0.39 is 0 Å². The lowest BCUT2D eigenvalue weighted by molar-refractivity contribution is 0.767. The van der Waals surface area contributed by atoms with Gasteiger partial charge < -0.3 is 16.4 Å². The maximum absolute atomic E-state index is 5.85. The van der Waals surface area contributed by atoms with Crippen molar-refractivity contribution in [1.29, 1.82) is 0 Å². The Bertz CT molecular complexity index is 560. The third-order valence-electron chi connectivity index (χ3n) is 3.43. The predicted octanol–water partition coefficient (Wildman–Crippen LogP) is 2.94. The smallest absolute Gasteiger partial charge is 0.0444 e. The minimum atomic E-state index is 0.799. The van der Waals surface area contributed by atoms with Crippen LogP contribution in [0.5, 0.6) is 0 Å². The quantitative estimate of drug-likeness (QED) is 0.752. The summed E-state index contributed by atoms with van der Waals surface area (Å²) >= 11 is 0. The van der Waals surface area contributed by atoms with Gasteiger partial charge in [-0.1, -0.05) is 0 Å². The Morgan fingerprint density at radius 1 is 0.889 bits per heavy atom. The zero-order valence-electron chi connectivity index (χ0n) is 10.3. The van der Waals surface area contributed by atoms with Crippen molar-refractivity contribution in [3.8, 4) is 0 Å². The van der Waals surface area contributed by atoms with E-state index in [9.17, 15) is 0 Å². The number of nitrogens with two attached hydrogens (primary N) is 2. The minimum Gasteiger partial charge on any atom is -0.399 e. The first-order valence-electron chi connectivity index (χ1n) is 6.25. The van der Waals surface area contributed by atoms with Crippen molar-refractivity contribution in [2.75, 3.05) is 22.9 Å². The number of hydrogen-bond donors (Lipinski definition) is 2. The monoisotopic (exact) mass is 239 g/mol. The Morgan fingerprint density at radius 3 is 2.39 bits per heavy atom. The van der Waals surface area contributed by atoms with E-state index in [1.807, 2.05) is 18.2 Å². The molecule has 3 rings (SSSR count). The van der Waals surface area contributed by atoms with Crippen LogP contribution in [0.2, 0.25) is 0 Å².